The summed E-state index contributed by atoms with van der Waals surface area (Å²) in [4.78, 5) is 41.5. The third kappa shape index (κ3) is 4.11. The molecule has 2 aliphatic heterocycles. The highest BCUT2D eigenvalue weighted by Gasteiger charge is 2.39. The zero-order valence-corrected chi connectivity index (χ0v) is 16.9. The first-order chi connectivity index (χ1) is 15.1. The van der Waals surface area contributed by atoms with Gasteiger partial charge in [0.2, 0.25) is 5.91 Å². The van der Waals surface area contributed by atoms with Crippen molar-refractivity contribution in [2.24, 2.45) is 4.99 Å². The quantitative estimate of drug-likeness (QED) is 0.678. The Balaban J connectivity index is 1.65. The number of amides is 2. The van der Waals surface area contributed by atoms with E-state index in [9.17, 15) is 27.6 Å². The van der Waals surface area contributed by atoms with Gasteiger partial charge in [-0.15, -0.1) is 0 Å². The van der Waals surface area contributed by atoms with E-state index in [0.717, 1.165) is 22.7 Å². The summed E-state index contributed by atoms with van der Waals surface area (Å²) in [5.41, 5.74) is -0.325. The summed E-state index contributed by atoms with van der Waals surface area (Å²) in [7, 11) is 0. The number of benzene rings is 2. The number of aliphatic imine (C=N–C) groups is 1. The Hall–Kier alpha value is -3.60. The zero-order valence-electron chi connectivity index (χ0n) is 16.1. The molecule has 2 aromatic rings. The molecular weight excluding hydrogens is 447 g/mol. The van der Waals surface area contributed by atoms with Crippen LogP contribution < -0.4 is 10.2 Å². The van der Waals surface area contributed by atoms with E-state index >= 15 is 0 Å². The second kappa shape index (κ2) is 8.15. The van der Waals surface area contributed by atoms with Gasteiger partial charge in [-0.1, -0.05) is 30.3 Å². The minimum Gasteiger partial charge on any atom is -0.480 e. The number of anilines is 1. The first-order valence-corrected chi connectivity index (χ1v) is 10.0. The summed E-state index contributed by atoms with van der Waals surface area (Å²) in [6.07, 6.45) is -3.23. The molecular formula is C21H14F3N3O4S. The van der Waals surface area contributed by atoms with E-state index in [1.807, 2.05) is 0 Å². The Morgan fingerprint density at radius 1 is 1.16 bits per heavy atom. The Bertz CT molecular complexity index is 1190. The van der Waals surface area contributed by atoms with Crippen LogP contribution in [0.3, 0.4) is 0 Å². The van der Waals surface area contributed by atoms with Crippen LogP contribution in [0.25, 0.3) is 0 Å². The molecule has 2 N–H and O–H groups in total. The van der Waals surface area contributed by atoms with Crippen LogP contribution in [0.15, 0.2) is 64.5 Å². The molecule has 11 heteroatoms. The Morgan fingerprint density at radius 2 is 1.84 bits per heavy atom. The molecule has 1 saturated heterocycles. The van der Waals surface area contributed by atoms with E-state index in [1.54, 1.807) is 24.3 Å². The van der Waals surface area contributed by atoms with Gasteiger partial charge in [0.25, 0.3) is 5.91 Å². The van der Waals surface area contributed by atoms with E-state index in [4.69, 9.17) is 5.11 Å². The fourth-order valence-corrected chi connectivity index (χ4v) is 4.29. The van der Waals surface area contributed by atoms with Gasteiger partial charge in [-0.05, 0) is 41.6 Å². The average Bonchev–Trinajstić information content (AvgIpc) is 3.19. The summed E-state index contributed by atoms with van der Waals surface area (Å²) < 4.78 is 39.6. The van der Waals surface area contributed by atoms with Crippen LogP contribution in [0.5, 0.6) is 0 Å². The predicted octanol–water partition coefficient (Wildman–Crippen LogP) is 3.65. The van der Waals surface area contributed by atoms with Crippen molar-refractivity contribution in [3.8, 4) is 0 Å². The lowest BCUT2D eigenvalue weighted by Crippen LogP contribution is -2.33. The van der Waals surface area contributed by atoms with Gasteiger partial charge >= 0.3 is 12.1 Å². The standard InChI is InChI=1S/C21H14F3N3O4S/c22-21(23,24)13-6-2-3-7-14(13)25-20-26-18(30)16(32-20)9-12-11-5-1-4-8-15(11)27(19(12)31)10-17(28)29/h1-9,12H,10H2,(H,28,29)(H,25,26,30)/b16-9-/t12-/m1/s1. The SMILES string of the molecule is O=C(O)CN1C(=O)[C@H](/C=C2\SC(=Nc3ccccc3C(F)(F)F)NC2=O)c2ccccc21. The van der Waals surface area contributed by atoms with Crippen LogP contribution in [0.4, 0.5) is 24.5 Å². The summed E-state index contributed by atoms with van der Waals surface area (Å²) in [5.74, 6) is -3.21. The van der Waals surface area contributed by atoms with Crippen LogP contribution in [0.1, 0.15) is 17.0 Å². The Labute approximate surface area is 183 Å². The topological polar surface area (TPSA) is 99.1 Å². The molecule has 0 aromatic heterocycles. The highest BCUT2D eigenvalue weighted by molar-refractivity contribution is 8.18. The van der Waals surface area contributed by atoms with Gasteiger partial charge < -0.3 is 15.3 Å². The van der Waals surface area contributed by atoms with Crippen molar-refractivity contribution in [2.45, 2.75) is 12.1 Å². The molecule has 1 atom stereocenters. The van der Waals surface area contributed by atoms with Gasteiger partial charge in [-0.25, -0.2) is 4.99 Å². The molecule has 32 heavy (non-hydrogen) atoms. The number of carboxylic acids is 1. The van der Waals surface area contributed by atoms with Gasteiger partial charge in [-0.2, -0.15) is 13.2 Å². The van der Waals surface area contributed by atoms with Crippen molar-refractivity contribution < 1.29 is 32.7 Å². The normalized spacial score (nSPS) is 20.7. The van der Waals surface area contributed by atoms with Crippen LogP contribution in [0.2, 0.25) is 0 Å². The highest BCUT2D eigenvalue weighted by Crippen LogP contribution is 2.41. The smallest absolute Gasteiger partial charge is 0.418 e. The molecule has 0 aliphatic carbocycles. The van der Waals surface area contributed by atoms with Gasteiger partial charge in [-0.3, -0.25) is 14.4 Å². The lowest BCUT2D eigenvalue weighted by Gasteiger charge is -2.14. The molecule has 2 amide bonds. The van der Waals surface area contributed by atoms with E-state index in [2.05, 4.69) is 10.3 Å². The number of aliphatic carboxylic acids is 1. The van der Waals surface area contributed by atoms with Crippen molar-refractivity contribution in [2.75, 3.05) is 11.4 Å². The molecule has 0 radical (unpaired) electrons. The van der Waals surface area contributed by atoms with Crippen LogP contribution in [-0.4, -0.2) is 34.6 Å². The molecule has 0 saturated carbocycles. The molecule has 0 bridgehead atoms. The number of carbonyl (C=O) groups is 3. The monoisotopic (exact) mass is 461 g/mol. The zero-order chi connectivity index (χ0) is 23.0. The maximum absolute atomic E-state index is 13.2. The number of halogens is 3. The third-order valence-corrected chi connectivity index (χ3v) is 5.72. The number of thioether (sulfide) groups is 1. The number of hydrogen-bond donors (Lipinski definition) is 2. The summed E-state index contributed by atoms with van der Waals surface area (Å²) in [6.45, 7) is -0.532. The molecule has 7 nitrogen and oxygen atoms in total. The Kier molecular flexibility index (Phi) is 5.51. The number of nitrogens with one attached hydrogen (secondary N) is 1. The minimum absolute atomic E-state index is 0.0564. The summed E-state index contributed by atoms with van der Waals surface area (Å²) >= 11 is 0.808. The predicted molar refractivity (Wildman–Crippen MR) is 112 cm³/mol. The second-order valence-corrected chi connectivity index (χ2v) is 7.90. The van der Waals surface area contributed by atoms with Crippen molar-refractivity contribution in [3.05, 3.63) is 70.6 Å². The van der Waals surface area contributed by atoms with Crippen LogP contribution in [-0.2, 0) is 20.6 Å². The van der Waals surface area contributed by atoms with Crippen molar-refractivity contribution in [1.29, 1.82) is 0 Å². The third-order valence-electron chi connectivity index (χ3n) is 4.79. The number of fused-ring (bicyclic) bond motifs is 1. The second-order valence-electron chi connectivity index (χ2n) is 6.87. The van der Waals surface area contributed by atoms with E-state index in [1.165, 1.54) is 24.3 Å². The largest absolute Gasteiger partial charge is 0.480 e. The Morgan fingerprint density at radius 3 is 2.56 bits per heavy atom. The van der Waals surface area contributed by atoms with E-state index in [0.29, 0.717) is 11.3 Å². The first-order valence-electron chi connectivity index (χ1n) is 9.23. The van der Waals surface area contributed by atoms with Crippen molar-refractivity contribution in [1.82, 2.24) is 5.32 Å². The average molecular weight is 461 g/mol. The fourth-order valence-electron chi connectivity index (χ4n) is 3.44. The first kappa shape index (κ1) is 21.6. The number of rotatable bonds is 4. The molecule has 4 rings (SSSR count). The number of carboxylic acid groups (broad SMARTS) is 1. The van der Waals surface area contributed by atoms with Crippen LogP contribution >= 0.6 is 11.8 Å². The van der Waals surface area contributed by atoms with Crippen LogP contribution in [0, 0.1) is 0 Å². The maximum Gasteiger partial charge on any atom is 0.418 e. The number of carbonyl (C=O) groups excluding carboxylic acids is 2. The lowest BCUT2D eigenvalue weighted by atomic mass is 10.0. The molecule has 0 unspecified atom stereocenters. The minimum atomic E-state index is -4.61. The molecule has 2 aromatic carbocycles. The van der Waals surface area contributed by atoms with Gasteiger partial charge in [0.05, 0.1) is 22.1 Å². The van der Waals surface area contributed by atoms with Gasteiger partial charge in [0, 0.05) is 5.69 Å². The fraction of sp³-hybridized carbons (Fsp3) is 0.143. The molecule has 164 valence electrons. The molecule has 2 aliphatic rings. The van der Waals surface area contributed by atoms with E-state index < -0.39 is 42.0 Å². The highest BCUT2D eigenvalue weighted by atomic mass is 32.2. The number of nitrogens with zero attached hydrogens (tertiary/aromatic N) is 2. The number of hydrogen-bond acceptors (Lipinski definition) is 5. The number of amidine groups is 1. The maximum atomic E-state index is 13.2. The van der Waals surface area contributed by atoms with Gasteiger partial charge in [0.1, 0.15) is 6.54 Å². The molecule has 1 fully saturated rings. The summed E-state index contributed by atoms with van der Waals surface area (Å²) in [5, 5.41) is 11.5. The van der Waals surface area contributed by atoms with Gasteiger partial charge in [0.15, 0.2) is 5.17 Å². The molecule has 0 spiro atoms. The molecule has 2 heterocycles. The van der Waals surface area contributed by atoms with Crippen molar-refractivity contribution >= 4 is 46.1 Å². The summed E-state index contributed by atoms with van der Waals surface area (Å²) in [6, 6.07) is 11.3. The lowest BCUT2D eigenvalue weighted by molar-refractivity contribution is -0.137. The van der Waals surface area contributed by atoms with E-state index in [-0.39, 0.29) is 15.8 Å². The number of alkyl halides is 3. The van der Waals surface area contributed by atoms with Crippen molar-refractivity contribution in [3.63, 3.8) is 0 Å². The number of para-hydroxylation sites is 2.